The predicted molar refractivity (Wildman–Crippen MR) is 92.5 cm³/mol. The first kappa shape index (κ1) is 16.6. The molecule has 0 amide bonds. The highest BCUT2D eigenvalue weighted by Crippen LogP contribution is 2.28. The van der Waals surface area contributed by atoms with Crippen LogP contribution >= 0.6 is 11.6 Å². The van der Waals surface area contributed by atoms with E-state index in [1.165, 1.54) is 18.2 Å². The van der Waals surface area contributed by atoms with Gasteiger partial charge >= 0.3 is 0 Å². The molecule has 1 aromatic carbocycles. The third-order valence-electron chi connectivity index (χ3n) is 4.15. The van der Waals surface area contributed by atoms with Crippen molar-refractivity contribution in [2.24, 2.45) is 0 Å². The SMILES string of the molecule is Fc1ccc(Cl)c(OC2CCN(c3ncc(-c4nn[nH]n4)cn3)CC2)c1. The molecule has 1 aliphatic heterocycles. The first-order chi connectivity index (χ1) is 12.7. The first-order valence-electron chi connectivity index (χ1n) is 8.11. The van der Waals surface area contributed by atoms with Gasteiger partial charge in [0.25, 0.3) is 0 Å². The average molecular weight is 376 g/mol. The first-order valence-corrected chi connectivity index (χ1v) is 8.49. The molecule has 1 aliphatic rings. The highest BCUT2D eigenvalue weighted by molar-refractivity contribution is 6.32. The normalized spacial score (nSPS) is 15.2. The van der Waals surface area contributed by atoms with Gasteiger partial charge < -0.3 is 9.64 Å². The molecule has 26 heavy (non-hydrogen) atoms. The number of rotatable bonds is 4. The van der Waals surface area contributed by atoms with Crippen LogP contribution in [0.2, 0.25) is 5.02 Å². The molecule has 134 valence electrons. The van der Waals surface area contributed by atoms with Crippen molar-refractivity contribution in [3.05, 3.63) is 41.4 Å². The summed E-state index contributed by atoms with van der Waals surface area (Å²) in [6.07, 6.45) is 4.85. The molecule has 3 aromatic rings. The van der Waals surface area contributed by atoms with E-state index in [1.807, 2.05) is 0 Å². The van der Waals surface area contributed by atoms with Crippen molar-refractivity contribution < 1.29 is 9.13 Å². The van der Waals surface area contributed by atoms with Gasteiger partial charge in [-0.15, -0.1) is 10.2 Å². The number of anilines is 1. The number of aromatic amines is 1. The largest absolute Gasteiger partial charge is 0.489 e. The molecular weight excluding hydrogens is 361 g/mol. The molecule has 4 rings (SSSR count). The van der Waals surface area contributed by atoms with Crippen molar-refractivity contribution in [2.75, 3.05) is 18.0 Å². The number of benzene rings is 1. The number of H-pyrrole nitrogens is 1. The molecule has 0 unspecified atom stereocenters. The summed E-state index contributed by atoms with van der Waals surface area (Å²) < 4.78 is 19.2. The Bertz CT molecular complexity index is 867. The maximum Gasteiger partial charge on any atom is 0.225 e. The molecule has 10 heteroatoms. The summed E-state index contributed by atoms with van der Waals surface area (Å²) in [5, 5.41) is 14.1. The van der Waals surface area contributed by atoms with E-state index in [1.54, 1.807) is 12.4 Å². The van der Waals surface area contributed by atoms with Gasteiger partial charge in [0.1, 0.15) is 17.7 Å². The molecule has 0 aliphatic carbocycles. The maximum atomic E-state index is 13.3. The molecule has 0 atom stereocenters. The molecule has 1 N–H and O–H groups in total. The second-order valence-electron chi connectivity index (χ2n) is 5.89. The zero-order chi connectivity index (χ0) is 17.9. The van der Waals surface area contributed by atoms with E-state index in [4.69, 9.17) is 16.3 Å². The van der Waals surface area contributed by atoms with E-state index in [-0.39, 0.29) is 11.9 Å². The van der Waals surface area contributed by atoms with Crippen LogP contribution in [0.3, 0.4) is 0 Å². The zero-order valence-corrected chi connectivity index (χ0v) is 14.4. The Morgan fingerprint density at radius 2 is 1.96 bits per heavy atom. The van der Waals surface area contributed by atoms with Crippen LogP contribution in [0.5, 0.6) is 5.75 Å². The van der Waals surface area contributed by atoms with Gasteiger partial charge in [-0.3, -0.25) is 0 Å². The quantitative estimate of drug-likeness (QED) is 0.748. The van der Waals surface area contributed by atoms with E-state index in [2.05, 4.69) is 35.5 Å². The number of aromatic nitrogens is 6. The van der Waals surface area contributed by atoms with Gasteiger partial charge in [-0.25, -0.2) is 14.4 Å². The summed E-state index contributed by atoms with van der Waals surface area (Å²) in [6.45, 7) is 1.47. The van der Waals surface area contributed by atoms with Crippen LogP contribution < -0.4 is 9.64 Å². The number of nitrogens with zero attached hydrogens (tertiary/aromatic N) is 6. The van der Waals surface area contributed by atoms with Gasteiger partial charge in [-0.1, -0.05) is 11.6 Å². The van der Waals surface area contributed by atoms with Crippen LogP contribution in [0.25, 0.3) is 11.4 Å². The molecule has 1 fully saturated rings. The zero-order valence-electron chi connectivity index (χ0n) is 13.6. The maximum absolute atomic E-state index is 13.3. The highest BCUT2D eigenvalue weighted by atomic mass is 35.5. The van der Waals surface area contributed by atoms with Gasteiger partial charge in [-0.05, 0) is 17.3 Å². The lowest BCUT2D eigenvalue weighted by atomic mass is 10.1. The lowest BCUT2D eigenvalue weighted by Gasteiger charge is -2.32. The van der Waals surface area contributed by atoms with E-state index in [0.29, 0.717) is 28.1 Å². The Morgan fingerprint density at radius 1 is 1.19 bits per heavy atom. The minimum Gasteiger partial charge on any atom is -0.489 e. The second-order valence-corrected chi connectivity index (χ2v) is 6.29. The van der Waals surface area contributed by atoms with Crippen molar-refractivity contribution in [3.8, 4) is 17.1 Å². The molecule has 0 bridgehead atoms. The Balaban J connectivity index is 1.37. The molecule has 2 aromatic heterocycles. The summed E-state index contributed by atoms with van der Waals surface area (Å²) in [6, 6.07) is 4.13. The Morgan fingerprint density at radius 3 is 2.65 bits per heavy atom. The van der Waals surface area contributed by atoms with Crippen molar-refractivity contribution in [1.82, 2.24) is 30.6 Å². The number of nitrogens with one attached hydrogen (secondary N) is 1. The molecular formula is C16H15ClFN7O. The molecule has 0 saturated carbocycles. The molecule has 0 spiro atoms. The van der Waals surface area contributed by atoms with Gasteiger partial charge in [0, 0.05) is 44.4 Å². The number of tetrazole rings is 1. The predicted octanol–water partition coefficient (Wildman–Crippen LogP) is 2.50. The molecule has 1 saturated heterocycles. The molecule has 8 nitrogen and oxygen atoms in total. The fraction of sp³-hybridized carbons (Fsp3) is 0.312. The number of hydrogen-bond acceptors (Lipinski definition) is 7. The number of halogens is 2. The summed E-state index contributed by atoms with van der Waals surface area (Å²) in [5.74, 6) is 1.11. The summed E-state index contributed by atoms with van der Waals surface area (Å²) in [7, 11) is 0. The second kappa shape index (κ2) is 7.20. The minimum atomic E-state index is -0.364. The van der Waals surface area contributed by atoms with E-state index in [0.717, 1.165) is 25.9 Å². The van der Waals surface area contributed by atoms with Crippen LogP contribution in [-0.4, -0.2) is 49.8 Å². The lowest BCUT2D eigenvalue weighted by Crippen LogP contribution is -2.39. The van der Waals surface area contributed by atoms with Gasteiger partial charge in [0.05, 0.1) is 10.6 Å². The highest BCUT2D eigenvalue weighted by Gasteiger charge is 2.23. The van der Waals surface area contributed by atoms with Crippen LogP contribution in [0, 0.1) is 5.82 Å². The number of ether oxygens (including phenoxy) is 1. The standard InChI is InChI=1S/C16H15ClFN7O/c17-13-2-1-11(18)7-14(13)26-12-3-5-25(6-4-12)16-19-8-10(9-20-16)15-21-23-24-22-15/h1-2,7-9,12H,3-6H2,(H,21,22,23,24). The van der Waals surface area contributed by atoms with Crippen LogP contribution in [0.15, 0.2) is 30.6 Å². The van der Waals surface area contributed by atoms with Gasteiger partial charge in [-0.2, -0.15) is 5.21 Å². The van der Waals surface area contributed by atoms with Gasteiger partial charge in [0.15, 0.2) is 0 Å². The third-order valence-corrected chi connectivity index (χ3v) is 4.47. The summed E-state index contributed by atoms with van der Waals surface area (Å²) in [4.78, 5) is 10.8. The van der Waals surface area contributed by atoms with Crippen LogP contribution in [0.1, 0.15) is 12.8 Å². The summed E-state index contributed by atoms with van der Waals surface area (Å²) >= 11 is 6.06. The molecule has 0 radical (unpaired) electrons. The lowest BCUT2D eigenvalue weighted by molar-refractivity contribution is 0.170. The summed E-state index contributed by atoms with van der Waals surface area (Å²) in [5.41, 5.74) is 0.696. The van der Waals surface area contributed by atoms with Gasteiger partial charge in [0.2, 0.25) is 11.8 Å². The van der Waals surface area contributed by atoms with Crippen molar-refractivity contribution in [2.45, 2.75) is 18.9 Å². The fourth-order valence-electron chi connectivity index (χ4n) is 2.80. The molecule has 3 heterocycles. The fourth-order valence-corrected chi connectivity index (χ4v) is 2.97. The number of piperidine rings is 1. The van der Waals surface area contributed by atoms with E-state index < -0.39 is 0 Å². The monoisotopic (exact) mass is 375 g/mol. The average Bonchev–Trinajstić information content (AvgIpc) is 3.20. The Labute approximate surface area is 153 Å². The van der Waals surface area contributed by atoms with Crippen molar-refractivity contribution in [1.29, 1.82) is 0 Å². The van der Waals surface area contributed by atoms with Crippen LogP contribution in [-0.2, 0) is 0 Å². The van der Waals surface area contributed by atoms with Crippen molar-refractivity contribution in [3.63, 3.8) is 0 Å². The Kier molecular flexibility index (Phi) is 4.61. The third kappa shape index (κ3) is 3.57. The smallest absolute Gasteiger partial charge is 0.225 e. The van der Waals surface area contributed by atoms with E-state index in [9.17, 15) is 4.39 Å². The Hall–Kier alpha value is -2.81. The van der Waals surface area contributed by atoms with Crippen LogP contribution in [0.4, 0.5) is 10.3 Å². The van der Waals surface area contributed by atoms with Crippen molar-refractivity contribution >= 4 is 17.5 Å². The topological polar surface area (TPSA) is 92.7 Å². The number of hydrogen-bond donors (Lipinski definition) is 1. The van der Waals surface area contributed by atoms with E-state index >= 15 is 0 Å². The minimum absolute atomic E-state index is 0.0239.